The zero-order valence-electron chi connectivity index (χ0n) is 19.4. The van der Waals surface area contributed by atoms with E-state index in [-0.39, 0.29) is 29.2 Å². The lowest BCUT2D eigenvalue weighted by Crippen LogP contribution is -2.38. The molecule has 3 aromatic rings. The Labute approximate surface area is 197 Å². The topological polar surface area (TPSA) is 81.1 Å². The minimum atomic E-state index is -0.320. The Bertz CT molecular complexity index is 1300. The van der Waals surface area contributed by atoms with E-state index in [0.29, 0.717) is 27.0 Å². The highest BCUT2D eigenvalue weighted by atomic mass is 32.1. The summed E-state index contributed by atoms with van der Waals surface area (Å²) in [4.78, 5) is 42.6. The molecule has 7 heteroatoms. The van der Waals surface area contributed by atoms with Gasteiger partial charge in [-0.15, -0.1) is 11.3 Å². The van der Waals surface area contributed by atoms with E-state index in [1.807, 2.05) is 25.1 Å². The van der Waals surface area contributed by atoms with E-state index in [1.54, 1.807) is 36.5 Å². The molecular formula is C26H29N3O3S. The van der Waals surface area contributed by atoms with Gasteiger partial charge in [0.25, 0.3) is 5.56 Å². The van der Waals surface area contributed by atoms with Crippen LogP contribution in [0, 0.1) is 0 Å². The third-order valence-corrected chi connectivity index (χ3v) is 6.13. The number of hydrogen-bond acceptors (Lipinski definition) is 5. The minimum absolute atomic E-state index is 0.0123. The molecule has 0 saturated heterocycles. The fourth-order valence-corrected chi connectivity index (χ4v) is 4.21. The molecule has 1 amide bonds. The predicted molar refractivity (Wildman–Crippen MR) is 133 cm³/mol. The van der Waals surface area contributed by atoms with Crippen LogP contribution in [0.4, 0.5) is 0 Å². The second-order valence-electron chi connectivity index (χ2n) is 8.78. The van der Waals surface area contributed by atoms with Gasteiger partial charge in [0, 0.05) is 24.4 Å². The summed E-state index contributed by atoms with van der Waals surface area (Å²) in [7, 11) is 0. The van der Waals surface area contributed by atoms with Crippen molar-refractivity contribution in [3.8, 4) is 0 Å². The average molecular weight is 464 g/mol. The number of thiazole rings is 1. The van der Waals surface area contributed by atoms with Crippen molar-refractivity contribution >= 4 is 35.2 Å². The number of nitrogens with one attached hydrogen (secondary N) is 1. The molecule has 6 nitrogen and oxygen atoms in total. The Kier molecular flexibility index (Phi) is 7.76. The number of amides is 1. The van der Waals surface area contributed by atoms with E-state index in [1.165, 1.54) is 22.0 Å². The molecule has 2 heterocycles. The molecule has 0 spiro atoms. The van der Waals surface area contributed by atoms with Crippen LogP contribution in [0.15, 0.2) is 53.5 Å². The standard InChI is InChI=1S/C26H29N3O3S/c1-5-13-28-23(31)17-29-24(33-22(25(29)32)15-20-8-6-7-14-27-20)16-21(30)18-9-11-19(12-10-18)26(2,3)4/h6-12,14-16H,5,13,17H2,1-4H3,(H,28,31)/b22-15+,24-16-. The molecule has 0 radical (unpaired) electrons. The van der Waals surface area contributed by atoms with Crippen molar-refractivity contribution < 1.29 is 9.59 Å². The van der Waals surface area contributed by atoms with Gasteiger partial charge in [0.2, 0.25) is 5.91 Å². The zero-order valence-corrected chi connectivity index (χ0v) is 20.2. The zero-order chi connectivity index (χ0) is 24.0. The van der Waals surface area contributed by atoms with Crippen LogP contribution in [-0.4, -0.2) is 27.8 Å². The fraction of sp³-hybridized carbons (Fsp3) is 0.308. The van der Waals surface area contributed by atoms with Crippen molar-refractivity contribution in [3.63, 3.8) is 0 Å². The largest absolute Gasteiger partial charge is 0.355 e. The Hall–Kier alpha value is -3.32. The average Bonchev–Trinajstić information content (AvgIpc) is 3.06. The number of carbonyl (C=O) groups is 2. The first-order valence-electron chi connectivity index (χ1n) is 10.9. The molecule has 33 heavy (non-hydrogen) atoms. The van der Waals surface area contributed by atoms with E-state index >= 15 is 0 Å². The number of pyridine rings is 1. The van der Waals surface area contributed by atoms with Gasteiger partial charge >= 0.3 is 0 Å². The van der Waals surface area contributed by atoms with Crippen LogP contribution in [0.1, 0.15) is 55.7 Å². The van der Waals surface area contributed by atoms with Gasteiger partial charge in [-0.2, -0.15) is 0 Å². The number of aromatic nitrogens is 2. The van der Waals surface area contributed by atoms with Gasteiger partial charge < -0.3 is 5.32 Å². The first-order chi connectivity index (χ1) is 15.7. The molecule has 0 aliphatic heterocycles. The third kappa shape index (κ3) is 6.35. The number of Topliss-reactive ketones (excluding diaryl/α,β-unsaturated/α-hetero) is 1. The first-order valence-corrected chi connectivity index (χ1v) is 11.8. The third-order valence-electron chi connectivity index (χ3n) is 5.07. The van der Waals surface area contributed by atoms with Crippen molar-refractivity contribution in [1.29, 1.82) is 0 Å². The first kappa shape index (κ1) is 24.3. The number of nitrogens with zero attached hydrogens (tertiary/aromatic N) is 2. The lowest BCUT2D eigenvalue weighted by atomic mass is 9.86. The molecule has 0 fully saturated rings. The highest BCUT2D eigenvalue weighted by Crippen LogP contribution is 2.22. The Morgan fingerprint density at radius 3 is 2.45 bits per heavy atom. The maximum Gasteiger partial charge on any atom is 0.269 e. The molecule has 0 unspecified atom stereocenters. The Morgan fingerprint density at radius 2 is 1.85 bits per heavy atom. The summed E-state index contributed by atoms with van der Waals surface area (Å²) >= 11 is 1.18. The van der Waals surface area contributed by atoms with E-state index < -0.39 is 0 Å². The molecule has 0 aliphatic rings. The molecule has 1 N–H and O–H groups in total. The number of benzene rings is 1. The van der Waals surface area contributed by atoms with E-state index in [4.69, 9.17) is 0 Å². The molecule has 2 aromatic heterocycles. The van der Waals surface area contributed by atoms with Crippen LogP contribution < -0.4 is 20.1 Å². The number of carbonyl (C=O) groups excluding carboxylic acids is 2. The SMILES string of the molecule is CCCNC(=O)Cn1c(=O)/c(=C\c2ccccn2)s/c1=C\C(=O)c1ccc(C(C)(C)C)cc1. The van der Waals surface area contributed by atoms with Crippen molar-refractivity contribution in [2.45, 2.75) is 46.1 Å². The molecule has 172 valence electrons. The lowest BCUT2D eigenvalue weighted by Gasteiger charge is -2.18. The van der Waals surface area contributed by atoms with Gasteiger partial charge in [-0.25, -0.2) is 0 Å². The van der Waals surface area contributed by atoms with Crippen molar-refractivity contribution in [2.24, 2.45) is 0 Å². The predicted octanol–water partition coefficient (Wildman–Crippen LogP) is 2.62. The van der Waals surface area contributed by atoms with Crippen molar-refractivity contribution in [2.75, 3.05) is 6.54 Å². The minimum Gasteiger partial charge on any atom is -0.355 e. The summed E-state index contributed by atoms with van der Waals surface area (Å²) in [5, 5.41) is 2.78. The molecular weight excluding hydrogens is 434 g/mol. The second-order valence-corrected chi connectivity index (χ2v) is 9.84. The maximum atomic E-state index is 13.1. The van der Waals surface area contributed by atoms with E-state index in [0.717, 1.165) is 12.0 Å². The highest BCUT2D eigenvalue weighted by molar-refractivity contribution is 7.07. The summed E-state index contributed by atoms with van der Waals surface area (Å²) in [5.74, 6) is -0.485. The van der Waals surface area contributed by atoms with Gasteiger partial charge in [-0.3, -0.25) is 23.9 Å². The maximum absolute atomic E-state index is 13.1. The van der Waals surface area contributed by atoms with Gasteiger partial charge in [-0.05, 0) is 35.6 Å². The normalized spacial score (nSPS) is 12.7. The van der Waals surface area contributed by atoms with Crippen LogP contribution in [0.2, 0.25) is 0 Å². The van der Waals surface area contributed by atoms with Crippen molar-refractivity contribution in [3.05, 3.63) is 85.0 Å². The highest BCUT2D eigenvalue weighted by Gasteiger charge is 2.15. The summed E-state index contributed by atoms with van der Waals surface area (Å²) < 4.78 is 2.20. The summed E-state index contributed by atoms with van der Waals surface area (Å²) in [5.41, 5.74) is 1.96. The Morgan fingerprint density at radius 1 is 1.12 bits per heavy atom. The molecule has 1 aromatic carbocycles. The summed E-state index contributed by atoms with van der Waals surface area (Å²) in [6, 6.07) is 12.9. The van der Waals surface area contributed by atoms with Crippen LogP contribution in [0.5, 0.6) is 0 Å². The second kappa shape index (κ2) is 10.5. The molecule has 0 atom stereocenters. The monoisotopic (exact) mass is 463 g/mol. The molecule has 0 bridgehead atoms. The molecule has 0 aliphatic carbocycles. The number of hydrogen-bond donors (Lipinski definition) is 1. The Balaban J connectivity index is 2.04. The number of ketones is 1. The van der Waals surface area contributed by atoms with E-state index in [2.05, 4.69) is 31.1 Å². The quantitative estimate of drug-likeness (QED) is 0.546. The van der Waals surface area contributed by atoms with Gasteiger partial charge in [0.15, 0.2) is 5.78 Å². The van der Waals surface area contributed by atoms with Gasteiger partial charge in [0.05, 0.1) is 10.2 Å². The number of rotatable bonds is 7. The fourth-order valence-electron chi connectivity index (χ4n) is 3.18. The smallest absolute Gasteiger partial charge is 0.269 e. The molecule has 3 rings (SSSR count). The van der Waals surface area contributed by atoms with Crippen LogP contribution in [0.3, 0.4) is 0 Å². The van der Waals surface area contributed by atoms with Crippen LogP contribution in [0.25, 0.3) is 12.2 Å². The van der Waals surface area contributed by atoms with Crippen LogP contribution in [-0.2, 0) is 16.8 Å². The van der Waals surface area contributed by atoms with Gasteiger partial charge in [-0.1, -0.05) is 58.0 Å². The van der Waals surface area contributed by atoms with Gasteiger partial charge in [0.1, 0.15) is 11.2 Å². The van der Waals surface area contributed by atoms with Crippen molar-refractivity contribution in [1.82, 2.24) is 14.9 Å². The molecule has 0 saturated carbocycles. The van der Waals surface area contributed by atoms with E-state index in [9.17, 15) is 14.4 Å². The lowest BCUT2D eigenvalue weighted by molar-refractivity contribution is -0.121. The summed E-state index contributed by atoms with van der Waals surface area (Å²) in [6.07, 6.45) is 5.55. The van der Waals surface area contributed by atoms with Crippen LogP contribution >= 0.6 is 11.3 Å². The summed E-state index contributed by atoms with van der Waals surface area (Å²) in [6.45, 7) is 8.69.